The summed E-state index contributed by atoms with van der Waals surface area (Å²) in [5.41, 5.74) is 1.48. The topological polar surface area (TPSA) is 75.4 Å². The Morgan fingerprint density at radius 3 is 2.50 bits per heavy atom. The van der Waals surface area contributed by atoms with Crippen molar-refractivity contribution in [3.63, 3.8) is 0 Å². The minimum absolute atomic E-state index is 0.0598. The number of nitrogens with zero attached hydrogens (tertiary/aromatic N) is 2. The van der Waals surface area contributed by atoms with E-state index in [9.17, 15) is 19.4 Å². The number of hydrogen-bond donors (Lipinski definition) is 2. The summed E-state index contributed by atoms with van der Waals surface area (Å²) in [6.45, 7) is 5.61. The second-order valence-electron chi connectivity index (χ2n) is 8.87. The zero-order chi connectivity index (χ0) is 23.5. The first-order valence-corrected chi connectivity index (χ1v) is 11.0. The van der Waals surface area contributed by atoms with Crippen molar-refractivity contribution in [2.24, 2.45) is 5.92 Å². The monoisotopic (exact) mass is 458 g/mol. The van der Waals surface area contributed by atoms with Crippen LogP contribution in [0.1, 0.15) is 56.1 Å². The molecule has 170 valence electrons. The van der Waals surface area contributed by atoms with Gasteiger partial charge in [0.05, 0.1) is 27.7 Å². The number of aromatic nitrogens is 2. The SMILES string of the molecule is CC(CCCC(C)(C)O)Cc1nn(-c2ccc(F)c(Cl)c2)c(-c2ccccc2)c1C(=O)O. The third kappa shape index (κ3) is 5.75. The van der Waals surface area contributed by atoms with Crippen molar-refractivity contribution in [2.75, 3.05) is 0 Å². The molecule has 0 bridgehead atoms. The fourth-order valence-electron chi connectivity index (χ4n) is 3.81. The minimum atomic E-state index is -1.07. The highest BCUT2D eigenvalue weighted by Gasteiger charge is 2.26. The average molecular weight is 459 g/mol. The fourth-order valence-corrected chi connectivity index (χ4v) is 3.99. The van der Waals surface area contributed by atoms with Crippen LogP contribution in [0.5, 0.6) is 0 Å². The number of carboxylic acids is 1. The van der Waals surface area contributed by atoms with E-state index in [1.54, 1.807) is 13.8 Å². The van der Waals surface area contributed by atoms with Crippen LogP contribution < -0.4 is 0 Å². The Labute approximate surface area is 192 Å². The maximum atomic E-state index is 13.8. The second-order valence-corrected chi connectivity index (χ2v) is 9.27. The van der Waals surface area contributed by atoms with Gasteiger partial charge in [0.1, 0.15) is 11.4 Å². The van der Waals surface area contributed by atoms with Crippen molar-refractivity contribution < 1.29 is 19.4 Å². The predicted molar refractivity (Wildman–Crippen MR) is 124 cm³/mol. The summed E-state index contributed by atoms with van der Waals surface area (Å²) in [5.74, 6) is -1.45. The van der Waals surface area contributed by atoms with Crippen molar-refractivity contribution in [2.45, 2.75) is 52.1 Å². The summed E-state index contributed by atoms with van der Waals surface area (Å²) in [5, 5.41) is 24.6. The van der Waals surface area contributed by atoms with Gasteiger partial charge in [-0.05, 0) is 50.8 Å². The molecule has 0 fully saturated rings. The molecule has 3 rings (SSSR count). The molecule has 5 nitrogen and oxygen atoms in total. The summed E-state index contributed by atoms with van der Waals surface area (Å²) in [4.78, 5) is 12.3. The van der Waals surface area contributed by atoms with E-state index in [1.165, 1.54) is 22.9 Å². The number of carbonyl (C=O) groups is 1. The maximum absolute atomic E-state index is 13.8. The molecule has 2 N–H and O–H groups in total. The van der Waals surface area contributed by atoms with Gasteiger partial charge in [-0.1, -0.05) is 61.7 Å². The number of carboxylic acid groups (broad SMARTS) is 1. The number of halogens is 2. The molecule has 1 atom stereocenters. The molecule has 0 saturated heterocycles. The van der Waals surface area contributed by atoms with E-state index in [0.717, 1.165) is 12.8 Å². The third-order valence-electron chi connectivity index (χ3n) is 5.39. The Hall–Kier alpha value is -2.70. The molecule has 0 aliphatic heterocycles. The normalized spacial score (nSPS) is 12.7. The Bertz CT molecular complexity index is 1090. The molecule has 0 aliphatic rings. The van der Waals surface area contributed by atoms with Crippen LogP contribution in [0, 0.1) is 11.7 Å². The van der Waals surface area contributed by atoms with Gasteiger partial charge in [-0.3, -0.25) is 0 Å². The number of aromatic carboxylic acids is 1. The molecule has 1 heterocycles. The van der Waals surface area contributed by atoms with Gasteiger partial charge in [-0.15, -0.1) is 0 Å². The van der Waals surface area contributed by atoms with Gasteiger partial charge in [0.2, 0.25) is 0 Å². The van der Waals surface area contributed by atoms with Crippen molar-refractivity contribution in [3.8, 4) is 16.9 Å². The zero-order valence-electron chi connectivity index (χ0n) is 18.5. The van der Waals surface area contributed by atoms with Gasteiger partial charge in [0.25, 0.3) is 0 Å². The van der Waals surface area contributed by atoms with E-state index in [-0.39, 0.29) is 16.5 Å². The number of hydrogen-bond acceptors (Lipinski definition) is 3. The molecule has 0 saturated carbocycles. The molecule has 1 unspecified atom stereocenters. The van der Waals surface area contributed by atoms with Gasteiger partial charge in [-0.2, -0.15) is 5.10 Å². The first-order valence-electron chi connectivity index (χ1n) is 10.6. The van der Waals surface area contributed by atoms with Crippen molar-refractivity contribution >= 4 is 17.6 Å². The summed E-state index contributed by atoms with van der Waals surface area (Å²) < 4.78 is 15.3. The molecule has 1 aromatic heterocycles. The minimum Gasteiger partial charge on any atom is -0.478 e. The number of benzene rings is 2. The molecule has 0 amide bonds. The summed E-state index contributed by atoms with van der Waals surface area (Å²) >= 11 is 6.00. The maximum Gasteiger partial charge on any atom is 0.339 e. The van der Waals surface area contributed by atoms with Crippen molar-refractivity contribution in [1.82, 2.24) is 9.78 Å². The van der Waals surface area contributed by atoms with Crippen molar-refractivity contribution in [1.29, 1.82) is 0 Å². The molecular weight excluding hydrogens is 431 g/mol. The molecule has 2 aromatic carbocycles. The highest BCUT2D eigenvalue weighted by atomic mass is 35.5. The number of rotatable bonds is 9. The van der Waals surface area contributed by atoms with Gasteiger partial charge in [0, 0.05) is 5.56 Å². The highest BCUT2D eigenvalue weighted by molar-refractivity contribution is 6.30. The molecule has 7 heteroatoms. The van der Waals surface area contributed by atoms with Crippen LogP contribution in [0.2, 0.25) is 5.02 Å². The van der Waals surface area contributed by atoms with Gasteiger partial charge in [-0.25, -0.2) is 13.9 Å². The van der Waals surface area contributed by atoms with E-state index in [0.29, 0.717) is 35.5 Å². The average Bonchev–Trinajstić information content (AvgIpc) is 3.09. The molecular formula is C25H28ClFN2O3. The molecule has 0 spiro atoms. The Balaban J connectivity index is 2.05. The quantitative estimate of drug-likeness (QED) is 0.403. The highest BCUT2D eigenvalue weighted by Crippen LogP contribution is 2.32. The van der Waals surface area contributed by atoms with E-state index >= 15 is 0 Å². The molecule has 32 heavy (non-hydrogen) atoms. The van der Waals surface area contributed by atoms with E-state index in [1.807, 2.05) is 37.3 Å². The third-order valence-corrected chi connectivity index (χ3v) is 5.68. The van der Waals surface area contributed by atoms with E-state index < -0.39 is 17.4 Å². The van der Waals surface area contributed by atoms with E-state index in [4.69, 9.17) is 11.6 Å². The summed E-state index contributed by atoms with van der Waals surface area (Å²) in [6, 6.07) is 13.4. The van der Waals surface area contributed by atoms with Crippen molar-refractivity contribution in [3.05, 3.63) is 70.6 Å². The van der Waals surface area contributed by atoms with Crippen LogP contribution in [-0.4, -0.2) is 31.6 Å². The van der Waals surface area contributed by atoms with Crippen LogP contribution in [0.15, 0.2) is 48.5 Å². The van der Waals surface area contributed by atoms with Crippen LogP contribution >= 0.6 is 11.6 Å². The Morgan fingerprint density at radius 2 is 1.91 bits per heavy atom. The van der Waals surface area contributed by atoms with Gasteiger partial charge < -0.3 is 10.2 Å². The first-order chi connectivity index (χ1) is 15.1. The largest absolute Gasteiger partial charge is 0.478 e. The zero-order valence-corrected chi connectivity index (χ0v) is 19.2. The van der Waals surface area contributed by atoms with Gasteiger partial charge in [0.15, 0.2) is 0 Å². The van der Waals surface area contributed by atoms with Gasteiger partial charge >= 0.3 is 5.97 Å². The summed E-state index contributed by atoms with van der Waals surface area (Å²) in [6.07, 6.45) is 2.79. The summed E-state index contributed by atoms with van der Waals surface area (Å²) in [7, 11) is 0. The lowest BCUT2D eigenvalue weighted by Crippen LogP contribution is -2.18. The number of aliphatic hydroxyl groups is 1. The lowest BCUT2D eigenvalue weighted by Gasteiger charge is -2.18. The second kappa shape index (κ2) is 9.84. The van der Waals surface area contributed by atoms with Crippen LogP contribution in [0.25, 0.3) is 16.9 Å². The fraction of sp³-hybridized carbons (Fsp3) is 0.360. The Morgan fingerprint density at radius 1 is 1.22 bits per heavy atom. The standard InChI is InChI=1S/C25H28ClFN2O3/c1-16(8-7-13-25(2,3)32)14-21-22(24(30)31)23(17-9-5-4-6-10-17)29(28-21)18-11-12-20(27)19(26)15-18/h4-6,9-12,15-16,32H,7-8,13-14H2,1-3H3,(H,30,31). The molecule has 0 aliphatic carbocycles. The Kier molecular flexibility index (Phi) is 7.36. The van der Waals surface area contributed by atoms with Crippen LogP contribution in [0.3, 0.4) is 0 Å². The molecule has 0 radical (unpaired) electrons. The van der Waals surface area contributed by atoms with Crippen LogP contribution in [0.4, 0.5) is 4.39 Å². The lowest BCUT2D eigenvalue weighted by molar-refractivity contribution is 0.0669. The van der Waals surface area contributed by atoms with Crippen LogP contribution in [-0.2, 0) is 6.42 Å². The first kappa shape index (κ1) is 24.0. The smallest absolute Gasteiger partial charge is 0.339 e. The lowest BCUT2D eigenvalue weighted by atomic mass is 9.93. The predicted octanol–water partition coefficient (Wildman–Crippen LogP) is 6.15. The molecule has 3 aromatic rings. The van der Waals surface area contributed by atoms with E-state index in [2.05, 4.69) is 5.10 Å².